The summed E-state index contributed by atoms with van der Waals surface area (Å²) < 4.78 is 1.86. The number of aryl methyl sites for hydroxylation is 1. The van der Waals surface area contributed by atoms with Crippen molar-refractivity contribution in [2.75, 3.05) is 0 Å². The molecule has 2 aromatic rings. The van der Waals surface area contributed by atoms with Crippen LogP contribution in [0.5, 0.6) is 0 Å². The number of rotatable bonds is 1. The molecule has 0 aliphatic rings. The monoisotopic (exact) mass is 230 g/mol. The molecular weight excluding hydrogens is 212 g/mol. The summed E-state index contributed by atoms with van der Waals surface area (Å²) in [6.07, 6.45) is 0. The fraction of sp³-hybridized carbons (Fsp3) is 0.357. The number of hydrogen-bond acceptors (Lipinski definition) is 1. The zero-order valence-corrected chi connectivity index (χ0v) is 10.7. The van der Waals surface area contributed by atoms with Crippen molar-refractivity contribution in [1.82, 2.24) is 9.78 Å². The molecule has 0 atom stereocenters. The molecule has 90 valence electrons. The second kappa shape index (κ2) is 3.91. The minimum atomic E-state index is -0.0654. The third-order valence-electron chi connectivity index (χ3n) is 2.79. The van der Waals surface area contributed by atoms with Crippen molar-refractivity contribution < 1.29 is 0 Å². The molecule has 2 rings (SSSR count). The molecule has 3 heteroatoms. The molecule has 0 spiro atoms. The highest BCUT2D eigenvalue weighted by molar-refractivity contribution is 5.36. The molecule has 0 bridgehead atoms. The molecule has 0 aliphatic heterocycles. The van der Waals surface area contributed by atoms with Crippen molar-refractivity contribution in [1.29, 1.82) is 0 Å². The van der Waals surface area contributed by atoms with Crippen LogP contribution in [0.4, 0.5) is 0 Å². The fourth-order valence-corrected chi connectivity index (χ4v) is 1.84. The van der Waals surface area contributed by atoms with Crippen molar-refractivity contribution in [3.63, 3.8) is 0 Å². The van der Waals surface area contributed by atoms with Crippen LogP contribution in [-0.4, -0.2) is 9.78 Å². The number of hydrogen-bond donors (Lipinski definition) is 1. The summed E-state index contributed by atoms with van der Waals surface area (Å²) in [7, 11) is 0. The maximum absolute atomic E-state index is 11.5. The summed E-state index contributed by atoms with van der Waals surface area (Å²) in [6, 6.07) is 9.78. The topological polar surface area (TPSA) is 37.8 Å². The Kier molecular flexibility index (Phi) is 2.69. The maximum Gasteiger partial charge on any atom is 0.264 e. The van der Waals surface area contributed by atoms with Gasteiger partial charge in [-0.25, -0.2) is 0 Å². The molecule has 1 N–H and O–H groups in total. The summed E-state index contributed by atoms with van der Waals surface area (Å²) in [5.41, 5.74) is 3.06. The van der Waals surface area contributed by atoms with E-state index in [0.29, 0.717) is 0 Å². The SMILES string of the molecule is Cc1ccc(-n2[nH]c(=O)cc2C(C)(C)C)cc1. The zero-order chi connectivity index (χ0) is 12.6. The molecule has 17 heavy (non-hydrogen) atoms. The molecule has 1 heterocycles. The van der Waals surface area contributed by atoms with E-state index in [1.807, 2.05) is 35.9 Å². The average molecular weight is 230 g/mol. The standard InChI is InChI=1S/C14H18N2O/c1-10-5-7-11(8-6-10)16-12(14(2,3)4)9-13(17)15-16/h5-9H,1-4H3,(H,15,17). The molecular formula is C14H18N2O. The van der Waals surface area contributed by atoms with E-state index in [2.05, 4.69) is 25.9 Å². The number of aromatic amines is 1. The van der Waals surface area contributed by atoms with Crippen LogP contribution in [-0.2, 0) is 5.41 Å². The Morgan fingerprint density at radius 1 is 1.12 bits per heavy atom. The molecule has 0 saturated carbocycles. The quantitative estimate of drug-likeness (QED) is 0.803. The Morgan fingerprint density at radius 3 is 2.24 bits per heavy atom. The van der Waals surface area contributed by atoms with Crippen molar-refractivity contribution in [3.05, 3.63) is 51.9 Å². The van der Waals surface area contributed by atoms with Crippen molar-refractivity contribution in [2.45, 2.75) is 33.1 Å². The minimum absolute atomic E-state index is 0.0597. The third kappa shape index (κ3) is 2.33. The summed E-state index contributed by atoms with van der Waals surface area (Å²) >= 11 is 0. The molecule has 3 nitrogen and oxygen atoms in total. The van der Waals surface area contributed by atoms with Gasteiger partial charge >= 0.3 is 0 Å². The lowest BCUT2D eigenvalue weighted by Crippen LogP contribution is -2.17. The summed E-state index contributed by atoms with van der Waals surface area (Å²) in [5, 5.41) is 2.85. The fourth-order valence-electron chi connectivity index (χ4n) is 1.84. The van der Waals surface area contributed by atoms with Gasteiger partial charge in [0, 0.05) is 11.5 Å². The Hall–Kier alpha value is -1.77. The first kappa shape index (κ1) is 11.7. The summed E-state index contributed by atoms with van der Waals surface area (Å²) in [6.45, 7) is 8.34. The molecule has 0 saturated heterocycles. The summed E-state index contributed by atoms with van der Waals surface area (Å²) in [5.74, 6) is 0. The van der Waals surface area contributed by atoms with Crippen molar-refractivity contribution >= 4 is 0 Å². The average Bonchev–Trinajstić information content (AvgIpc) is 2.61. The number of nitrogens with zero attached hydrogens (tertiary/aromatic N) is 1. The molecule has 1 aromatic heterocycles. The van der Waals surface area contributed by atoms with Gasteiger partial charge in [-0.2, -0.15) is 0 Å². The van der Waals surface area contributed by atoms with E-state index in [9.17, 15) is 4.79 Å². The number of nitrogens with one attached hydrogen (secondary N) is 1. The van der Waals surface area contributed by atoms with Crippen LogP contribution in [0.1, 0.15) is 32.0 Å². The van der Waals surface area contributed by atoms with Gasteiger partial charge in [0.2, 0.25) is 0 Å². The first-order chi connectivity index (χ1) is 7.88. The van der Waals surface area contributed by atoms with Gasteiger partial charge in [-0.05, 0) is 19.1 Å². The Balaban J connectivity index is 2.59. The van der Waals surface area contributed by atoms with Gasteiger partial charge in [0.15, 0.2) is 0 Å². The van der Waals surface area contributed by atoms with Crippen LogP contribution < -0.4 is 5.56 Å². The molecule has 0 radical (unpaired) electrons. The van der Waals surface area contributed by atoms with Crippen LogP contribution in [0.25, 0.3) is 5.69 Å². The molecule has 0 aliphatic carbocycles. The molecule has 1 aromatic carbocycles. The summed E-state index contributed by atoms with van der Waals surface area (Å²) in [4.78, 5) is 11.5. The van der Waals surface area contributed by atoms with E-state index < -0.39 is 0 Å². The molecule has 0 amide bonds. The van der Waals surface area contributed by atoms with E-state index in [1.165, 1.54) is 5.56 Å². The van der Waals surface area contributed by atoms with Gasteiger partial charge in [-0.3, -0.25) is 14.6 Å². The predicted molar refractivity (Wildman–Crippen MR) is 69.8 cm³/mol. The third-order valence-corrected chi connectivity index (χ3v) is 2.79. The van der Waals surface area contributed by atoms with Crippen LogP contribution in [0.15, 0.2) is 35.1 Å². The zero-order valence-electron chi connectivity index (χ0n) is 10.7. The van der Waals surface area contributed by atoms with E-state index in [-0.39, 0.29) is 11.0 Å². The Labute approximate surface area is 101 Å². The van der Waals surface area contributed by atoms with Gasteiger partial charge in [0.1, 0.15) is 0 Å². The van der Waals surface area contributed by atoms with E-state index >= 15 is 0 Å². The van der Waals surface area contributed by atoms with Crippen molar-refractivity contribution in [2.24, 2.45) is 0 Å². The van der Waals surface area contributed by atoms with Gasteiger partial charge in [-0.1, -0.05) is 38.5 Å². The van der Waals surface area contributed by atoms with E-state index in [0.717, 1.165) is 11.4 Å². The van der Waals surface area contributed by atoms with Crippen LogP contribution in [0.2, 0.25) is 0 Å². The van der Waals surface area contributed by atoms with Crippen LogP contribution >= 0.6 is 0 Å². The Bertz CT molecular complexity index is 568. The van der Waals surface area contributed by atoms with Gasteiger partial charge < -0.3 is 0 Å². The normalized spacial score (nSPS) is 11.8. The minimum Gasteiger partial charge on any atom is -0.268 e. The van der Waals surface area contributed by atoms with Gasteiger partial charge in [0.25, 0.3) is 5.56 Å². The predicted octanol–water partition coefficient (Wildman–Crippen LogP) is 2.77. The highest BCUT2D eigenvalue weighted by atomic mass is 16.1. The lowest BCUT2D eigenvalue weighted by atomic mass is 9.92. The first-order valence-electron chi connectivity index (χ1n) is 5.77. The van der Waals surface area contributed by atoms with E-state index in [4.69, 9.17) is 0 Å². The lowest BCUT2D eigenvalue weighted by Gasteiger charge is -2.20. The van der Waals surface area contributed by atoms with Crippen LogP contribution in [0, 0.1) is 6.92 Å². The second-order valence-corrected chi connectivity index (χ2v) is 5.43. The van der Waals surface area contributed by atoms with E-state index in [1.54, 1.807) is 6.07 Å². The number of aromatic nitrogens is 2. The van der Waals surface area contributed by atoms with Gasteiger partial charge in [-0.15, -0.1) is 0 Å². The number of benzene rings is 1. The smallest absolute Gasteiger partial charge is 0.264 e. The molecule has 0 unspecified atom stereocenters. The molecule has 0 fully saturated rings. The highest BCUT2D eigenvalue weighted by Gasteiger charge is 2.20. The maximum atomic E-state index is 11.5. The largest absolute Gasteiger partial charge is 0.268 e. The highest BCUT2D eigenvalue weighted by Crippen LogP contribution is 2.23. The van der Waals surface area contributed by atoms with Crippen molar-refractivity contribution in [3.8, 4) is 5.69 Å². The number of H-pyrrole nitrogens is 1. The Morgan fingerprint density at radius 2 is 1.71 bits per heavy atom. The second-order valence-electron chi connectivity index (χ2n) is 5.43. The van der Waals surface area contributed by atoms with Crippen LogP contribution in [0.3, 0.4) is 0 Å². The lowest BCUT2D eigenvalue weighted by molar-refractivity contribution is 0.543. The first-order valence-corrected chi connectivity index (χ1v) is 5.77. The van der Waals surface area contributed by atoms with Gasteiger partial charge in [0.05, 0.1) is 11.4 Å².